The number of hydrogen-bond donors (Lipinski definition) is 0. The summed E-state index contributed by atoms with van der Waals surface area (Å²) in [6, 6.07) is 0. The van der Waals surface area contributed by atoms with Crippen molar-refractivity contribution in [2.75, 3.05) is 13.7 Å². The summed E-state index contributed by atoms with van der Waals surface area (Å²) in [4.78, 5) is 12.0. The number of hydrogen-bond acceptors (Lipinski definition) is 3. The van der Waals surface area contributed by atoms with Crippen molar-refractivity contribution in [1.29, 1.82) is 0 Å². The van der Waals surface area contributed by atoms with Gasteiger partial charge in [0.15, 0.2) is 0 Å². The van der Waals surface area contributed by atoms with Crippen molar-refractivity contribution in [3.05, 3.63) is 12.2 Å². The van der Waals surface area contributed by atoms with E-state index >= 15 is 0 Å². The van der Waals surface area contributed by atoms with Crippen molar-refractivity contribution in [3.63, 3.8) is 0 Å². The Hall–Kier alpha value is -0.830. The maximum atomic E-state index is 12.0. The van der Waals surface area contributed by atoms with Crippen LogP contribution in [0.15, 0.2) is 12.2 Å². The molecule has 0 aromatic carbocycles. The third-order valence-corrected chi connectivity index (χ3v) is 7.70. The zero-order valence-electron chi connectivity index (χ0n) is 18.1. The topological polar surface area (TPSA) is 35.5 Å². The minimum absolute atomic E-state index is 0.0867. The molecular formula is C25H42O3. The van der Waals surface area contributed by atoms with Crippen LogP contribution in [-0.2, 0) is 14.3 Å². The maximum Gasteiger partial charge on any atom is 0.336 e. The van der Waals surface area contributed by atoms with Gasteiger partial charge in [0, 0.05) is 7.11 Å². The summed E-state index contributed by atoms with van der Waals surface area (Å²) < 4.78 is 10.6. The second-order valence-electron chi connectivity index (χ2n) is 9.95. The lowest BCUT2D eigenvalue weighted by molar-refractivity contribution is -0.146. The fourth-order valence-corrected chi connectivity index (χ4v) is 6.02. The van der Waals surface area contributed by atoms with Crippen molar-refractivity contribution in [2.45, 2.75) is 102 Å². The summed E-state index contributed by atoms with van der Waals surface area (Å²) in [7, 11) is 1.58. The van der Waals surface area contributed by atoms with E-state index in [9.17, 15) is 4.79 Å². The minimum Gasteiger partial charge on any atom is -0.459 e. The molecule has 160 valence electrons. The first-order valence-corrected chi connectivity index (χ1v) is 12.0. The summed E-state index contributed by atoms with van der Waals surface area (Å²) in [5, 5.41) is 0. The van der Waals surface area contributed by atoms with Crippen molar-refractivity contribution in [2.24, 2.45) is 23.7 Å². The molecule has 0 bridgehead atoms. The molecular weight excluding hydrogens is 348 g/mol. The Morgan fingerprint density at radius 1 is 0.750 bits per heavy atom. The minimum atomic E-state index is -0.276. The highest BCUT2D eigenvalue weighted by atomic mass is 16.5. The fraction of sp³-hybridized carbons (Fsp3) is 0.880. The molecule has 0 aromatic rings. The van der Waals surface area contributed by atoms with Crippen LogP contribution in [0.25, 0.3) is 0 Å². The molecule has 3 rings (SSSR count). The Morgan fingerprint density at radius 3 is 1.71 bits per heavy atom. The normalized spacial score (nSPS) is 32.0. The highest BCUT2D eigenvalue weighted by Crippen LogP contribution is 2.40. The van der Waals surface area contributed by atoms with E-state index in [2.05, 4.69) is 6.58 Å². The van der Waals surface area contributed by atoms with Gasteiger partial charge in [-0.3, -0.25) is 0 Å². The lowest BCUT2D eigenvalue weighted by Gasteiger charge is -2.35. The van der Waals surface area contributed by atoms with E-state index in [0.29, 0.717) is 5.57 Å². The molecule has 3 aliphatic rings. The van der Waals surface area contributed by atoms with Crippen LogP contribution < -0.4 is 0 Å². The first-order chi connectivity index (χ1) is 13.6. The van der Waals surface area contributed by atoms with Gasteiger partial charge in [0.05, 0.1) is 12.2 Å². The highest BCUT2D eigenvalue weighted by molar-refractivity contribution is 5.88. The SMILES string of the molecule is C=C(COC)C(=O)OC1CCC(CC2CCC(CC3CCCCC3)CC2)CC1. The van der Waals surface area contributed by atoms with Gasteiger partial charge in [0.2, 0.25) is 0 Å². The van der Waals surface area contributed by atoms with Gasteiger partial charge in [0.25, 0.3) is 0 Å². The molecule has 0 unspecified atom stereocenters. The summed E-state index contributed by atoms with van der Waals surface area (Å²) >= 11 is 0. The second kappa shape index (κ2) is 11.4. The quantitative estimate of drug-likeness (QED) is 0.352. The summed E-state index contributed by atoms with van der Waals surface area (Å²) in [6.07, 6.45) is 20.9. The van der Waals surface area contributed by atoms with Crippen LogP contribution in [0.1, 0.15) is 96.3 Å². The van der Waals surface area contributed by atoms with E-state index in [1.807, 2.05) is 0 Å². The number of carbonyl (C=O) groups excluding carboxylic acids is 1. The Labute approximate surface area is 172 Å². The van der Waals surface area contributed by atoms with Gasteiger partial charge >= 0.3 is 5.97 Å². The van der Waals surface area contributed by atoms with Gasteiger partial charge < -0.3 is 9.47 Å². The molecule has 3 aliphatic carbocycles. The molecule has 0 heterocycles. The Kier molecular flexibility index (Phi) is 8.89. The van der Waals surface area contributed by atoms with E-state index in [1.165, 1.54) is 83.5 Å². The third kappa shape index (κ3) is 6.90. The zero-order chi connectivity index (χ0) is 19.8. The number of methoxy groups -OCH3 is 1. The van der Waals surface area contributed by atoms with Crippen LogP contribution in [0.2, 0.25) is 0 Å². The first-order valence-electron chi connectivity index (χ1n) is 12.0. The predicted octanol–water partition coefficient (Wildman–Crippen LogP) is 6.46. The van der Waals surface area contributed by atoms with Crippen LogP contribution in [0.4, 0.5) is 0 Å². The van der Waals surface area contributed by atoms with Crippen molar-refractivity contribution in [3.8, 4) is 0 Å². The number of rotatable bonds is 8. The number of carbonyl (C=O) groups is 1. The maximum absolute atomic E-state index is 12.0. The molecule has 3 heteroatoms. The molecule has 0 amide bonds. The molecule has 3 saturated carbocycles. The van der Waals surface area contributed by atoms with Crippen LogP contribution in [0, 0.1) is 23.7 Å². The molecule has 0 N–H and O–H groups in total. The summed E-state index contributed by atoms with van der Waals surface area (Å²) in [5.41, 5.74) is 0.426. The number of ether oxygens (including phenoxy) is 2. The molecule has 0 spiro atoms. The van der Waals surface area contributed by atoms with Gasteiger partial charge in [-0.1, -0.05) is 64.4 Å². The van der Waals surface area contributed by atoms with Gasteiger partial charge in [-0.05, 0) is 62.2 Å². The first kappa shape index (κ1) is 21.9. The van der Waals surface area contributed by atoms with Crippen LogP contribution in [-0.4, -0.2) is 25.8 Å². The van der Waals surface area contributed by atoms with E-state index < -0.39 is 0 Å². The van der Waals surface area contributed by atoms with Crippen LogP contribution >= 0.6 is 0 Å². The fourth-order valence-electron chi connectivity index (χ4n) is 6.02. The average molecular weight is 391 g/mol. The number of esters is 1. The van der Waals surface area contributed by atoms with Crippen molar-refractivity contribution in [1.82, 2.24) is 0 Å². The Bertz CT molecular complexity index is 478. The van der Waals surface area contributed by atoms with Crippen molar-refractivity contribution < 1.29 is 14.3 Å². The molecule has 0 atom stereocenters. The largest absolute Gasteiger partial charge is 0.459 e. The molecule has 0 radical (unpaired) electrons. The summed E-state index contributed by atoms with van der Waals surface area (Å²) in [6.45, 7) is 4.01. The van der Waals surface area contributed by atoms with Crippen molar-refractivity contribution >= 4 is 5.97 Å². The monoisotopic (exact) mass is 390 g/mol. The zero-order valence-corrected chi connectivity index (χ0v) is 18.1. The summed E-state index contributed by atoms with van der Waals surface area (Å²) in [5.74, 6) is 3.59. The van der Waals surface area contributed by atoms with Crippen LogP contribution in [0.5, 0.6) is 0 Å². The molecule has 3 fully saturated rings. The van der Waals surface area contributed by atoms with E-state index in [-0.39, 0.29) is 18.7 Å². The lowest BCUT2D eigenvalue weighted by atomic mass is 9.72. The third-order valence-electron chi connectivity index (χ3n) is 7.70. The van der Waals surface area contributed by atoms with Gasteiger partial charge in [-0.25, -0.2) is 4.79 Å². The Morgan fingerprint density at radius 2 is 1.21 bits per heavy atom. The second-order valence-corrected chi connectivity index (χ2v) is 9.95. The molecule has 0 aromatic heterocycles. The molecule has 28 heavy (non-hydrogen) atoms. The van der Waals surface area contributed by atoms with Gasteiger partial charge in [0.1, 0.15) is 6.10 Å². The van der Waals surface area contributed by atoms with E-state index in [1.54, 1.807) is 7.11 Å². The standard InChI is InChI=1S/C25H42O3/c1-19(18-27-2)25(26)28-24-14-12-23(13-15-24)17-22-10-8-21(9-11-22)16-20-6-4-3-5-7-20/h20-24H,1,3-18H2,2H3. The highest BCUT2D eigenvalue weighted by Gasteiger charge is 2.29. The van der Waals surface area contributed by atoms with Gasteiger partial charge in [-0.15, -0.1) is 0 Å². The predicted molar refractivity (Wildman–Crippen MR) is 114 cm³/mol. The average Bonchev–Trinajstić information content (AvgIpc) is 2.72. The lowest BCUT2D eigenvalue weighted by Crippen LogP contribution is -2.27. The van der Waals surface area contributed by atoms with E-state index in [4.69, 9.17) is 9.47 Å². The molecule has 3 nitrogen and oxygen atoms in total. The van der Waals surface area contributed by atoms with E-state index in [0.717, 1.165) is 36.5 Å². The molecule has 0 aliphatic heterocycles. The van der Waals surface area contributed by atoms with Crippen LogP contribution in [0.3, 0.4) is 0 Å². The smallest absolute Gasteiger partial charge is 0.336 e. The van der Waals surface area contributed by atoms with Gasteiger partial charge in [-0.2, -0.15) is 0 Å². The Balaban J connectivity index is 1.29. The molecule has 0 saturated heterocycles.